The van der Waals surface area contributed by atoms with Gasteiger partial charge >= 0.3 is 5.97 Å². The van der Waals surface area contributed by atoms with Gasteiger partial charge in [0.1, 0.15) is 11.9 Å². The minimum atomic E-state index is -0.892. The Labute approximate surface area is 104 Å². The zero-order chi connectivity index (χ0) is 12.8. The summed E-state index contributed by atoms with van der Waals surface area (Å²) >= 11 is 5.66. The molecule has 92 valence electrons. The molecule has 0 aliphatic heterocycles. The van der Waals surface area contributed by atoms with Crippen LogP contribution in [0.5, 0.6) is 0 Å². The third-order valence-corrected chi connectivity index (χ3v) is 2.49. The molecule has 0 heterocycles. The van der Waals surface area contributed by atoms with E-state index in [1.54, 1.807) is 12.1 Å². The van der Waals surface area contributed by atoms with Crippen molar-refractivity contribution in [3.05, 3.63) is 47.3 Å². The molecule has 0 radical (unpaired) electrons. The zero-order valence-corrected chi connectivity index (χ0v) is 10.1. The van der Waals surface area contributed by atoms with Gasteiger partial charge in [-0.1, -0.05) is 29.8 Å². The van der Waals surface area contributed by atoms with Crippen LogP contribution in [0, 0.1) is 5.82 Å². The summed E-state index contributed by atoms with van der Waals surface area (Å²) in [7, 11) is 1.24. The molecule has 5 heteroatoms. The number of methoxy groups -OCH3 is 1. The lowest BCUT2D eigenvalue weighted by Gasteiger charge is -2.16. The van der Waals surface area contributed by atoms with E-state index in [9.17, 15) is 9.18 Å². The van der Waals surface area contributed by atoms with Crippen molar-refractivity contribution in [3.63, 3.8) is 0 Å². The van der Waals surface area contributed by atoms with Gasteiger partial charge in [0.2, 0.25) is 0 Å². The Kier molecular flexibility index (Phi) is 5.12. The van der Waals surface area contributed by atoms with Crippen LogP contribution in [-0.2, 0) is 9.53 Å². The molecule has 3 nitrogen and oxygen atoms in total. The smallest absolute Gasteiger partial charge is 0.327 e. The summed E-state index contributed by atoms with van der Waals surface area (Å²) in [6.45, 7) is 3.87. The Morgan fingerprint density at radius 1 is 1.71 bits per heavy atom. The fraction of sp³-hybridized carbons (Fsp3) is 0.250. The van der Waals surface area contributed by atoms with Crippen LogP contribution >= 0.6 is 11.6 Å². The van der Waals surface area contributed by atoms with Crippen molar-refractivity contribution in [1.29, 1.82) is 0 Å². The van der Waals surface area contributed by atoms with E-state index in [0.29, 0.717) is 6.54 Å². The molecule has 1 atom stereocenters. The summed E-state index contributed by atoms with van der Waals surface area (Å²) in [6, 6.07) is 3.59. The molecule has 1 rings (SSSR count). The maximum atomic E-state index is 13.8. The van der Waals surface area contributed by atoms with Gasteiger partial charge < -0.3 is 4.74 Å². The van der Waals surface area contributed by atoms with Crippen LogP contribution in [0.3, 0.4) is 0 Å². The first-order valence-electron chi connectivity index (χ1n) is 4.97. The van der Waals surface area contributed by atoms with Crippen LogP contribution in [0.2, 0.25) is 5.02 Å². The first-order chi connectivity index (χ1) is 8.11. The van der Waals surface area contributed by atoms with E-state index in [-0.39, 0.29) is 10.6 Å². The fourth-order valence-electron chi connectivity index (χ4n) is 1.38. The van der Waals surface area contributed by atoms with Crippen molar-refractivity contribution in [2.45, 2.75) is 6.04 Å². The SMILES string of the molecule is C=CCNC(C(=O)OC)c1cccc(Cl)c1F. The molecular weight excluding hydrogens is 245 g/mol. The summed E-state index contributed by atoms with van der Waals surface area (Å²) in [5.41, 5.74) is 0.159. The number of carbonyl (C=O) groups excluding carboxylic acids is 1. The van der Waals surface area contributed by atoms with E-state index in [0.717, 1.165) is 0 Å². The second-order valence-electron chi connectivity index (χ2n) is 3.30. The number of esters is 1. The lowest BCUT2D eigenvalue weighted by Crippen LogP contribution is -2.30. The van der Waals surface area contributed by atoms with Crippen LogP contribution in [0.4, 0.5) is 4.39 Å². The molecule has 0 amide bonds. The predicted octanol–water partition coefficient (Wildman–Crippen LogP) is 2.47. The Hall–Kier alpha value is -1.39. The molecule has 1 aromatic carbocycles. The van der Waals surface area contributed by atoms with Gasteiger partial charge in [0, 0.05) is 12.1 Å². The minimum Gasteiger partial charge on any atom is -0.468 e. The van der Waals surface area contributed by atoms with E-state index in [4.69, 9.17) is 11.6 Å². The van der Waals surface area contributed by atoms with Crippen LogP contribution in [0.1, 0.15) is 11.6 Å². The number of benzene rings is 1. The molecule has 0 bridgehead atoms. The topological polar surface area (TPSA) is 38.3 Å². The van der Waals surface area contributed by atoms with Crippen LogP contribution in [0.15, 0.2) is 30.9 Å². The summed E-state index contributed by atoms with van der Waals surface area (Å²) < 4.78 is 18.4. The van der Waals surface area contributed by atoms with Crippen molar-refractivity contribution in [2.24, 2.45) is 0 Å². The lowest BCUT2D eigenvalue weighted by molar-refractivity contribution is -0.143. The predicted molar refractivity (Wildman–Crippen MR) is 64.4 cm³/mol. The highest BCUT2D eigenvalue weighted by atomic mass is 35.5. The summed E-state index contributed by atoms with van der Waals surface area (Å²) in [4.78, 5) is 11.6. The molecule has 0 aliphatic carbocycles. The second-order valence-corrected chi connectivity index (χ2v) is 3.70. The van der Waals surface area contributed by atoms with E-state index in [2.05, 4.69) is 16.6 Å². The molecule has 0 spiro atoms. The summed E-state index contributed by atoms with van der Waals surface area (Å²) in [5.74, 6) is -1.20. The van der Waals surface area contributed by atoms with Crippen LogP contribution < -0.4 is 5.32 Å². The van der Waals surface area contributed by atoms with Gasteiger partial charge in [0.05, 0.1) is 12.1 Å². The molecule has 1 N–H and O–H groups in total. The third-order valence-electron chi connectivity index (χ3n) is 2.20. The number of rotatable bonds is 5. The number of ether oxygens (including phenoxy) is 1. The van der Waals surface area contributed by atoms with Gasteiger partial charge in [-0.3, -0.25) is 5.32 Å². The van der Waals surface area contributed by atoms with E-state index in [1.165, 1.54) is 19.2 Å². The summed E-state index contributed by atoms with van der Waals surface area (Å²) in [6.07, 6.45) is 1.57. The highest BCUT2D eigenvalue weighted by molar-refractivity contribution is 6.30. The molecule has 0 aromatic heterocycles. The molecule has 1 aromatic rings. The second kappa shape index (κ2) is 6.37. The van der Waals surface area contributed by atoms with E-state index >= 15 is 0 Å². The number of hydrogen-bond acceptors (Lipinski definition) is 3. The normalized spacial score (nSPS) is 11.9. The van der Waals surface area contributed by atoms with Gasteiger partial charge in [0.15, 0.2) is 0 Å². The first kappa shape index (κ1) is 13.7. The molecule has 0 saturated carbocycles. The van der Waals surface area contributed by atoms with Gasteiger partial charge in [-0.05, 0) is 6.07 Å². The monoisotopic (exact) mass is 257 g/mol. The third kappa shape index (κ3) is 3.28. The highest BCUT2D eigenvalue weighted by Gasteiger charge is 2.24. The number of carbonyl (C=O) groups is 1. The largest absolute Gasteiger partial charge is 0.468 e. The van der Waals surface area contributed by atoms with Gasteiger partial charge in [0.25, 0.3) is 0 Å². The zero-order valence-electron chi connectivity index (χ0n) is 9.37. The number of hydrogen-bond donors (Lipinski definition) is 1. The van der Waals surface area contributed by atoms with Gasteiger partial charge in [-0.2, -0.15) is 0 Å². The quantitative estimate of drug-likeness (QED) is 0.651. The molecular formula is C12H13ClFNO2. The molecule has 1 unspecified atom stereocenters. The van der Waals surface area contributed by atoms with Crippen molar-refractivity contribution < 1.29 is 13.9 Å². The standard InChI is InChI=1S/C12H13ClFNO2/c1-3-7-15-11(12(16)17-2)8-5-4-6-9(13)10(8)14/h3-6,11,15H,1,7H2,2H3. The Balaban J connectivity index is 3.07. The van der Waals surface area contributed by atoms with Crippen molar-refractivity contribution in [3.8, 4) is 0 Å². The first-order valence-corrected chi connectivity index (χ1v) is 5.35. The van der Waals surface area contributed by atoms with Gasteiger partial charge in [-0.25, -0.2) is 9.18 Å². The molecule has 0 aliphatic rings. The number of halogens is 2. The van der Waals surface area contributed by atoms with Crippen molar-refractivity contribution in [1.82, 2.24) is 5.32 Å². The van der Waals surface area contributed by atoms with E-state index in [1.807, 2.05) is 0 Å². The lowest BCUT2D eigenvalue weighted by atomic mass is 10.1. The highest BCUT2D eigenvalue weighted by Crippen LogP contribution is 2.24. The molecule has 0 fully saturated rings. The van der Waals surface area contributed by atoms with Crippen molar-refractivity contribution >= 4 is 17.6 Å². The van der Waals surface area contributed by atoms with Crippen molar-refractivity contribution in [2.75, 3.05) is 13.7 Å². The average molecular weight is 258 g/mol. The maximum absolute atomic E-state index is 13.8. The summed E-state index contributed by atoms with van der Waals surface area (Å²) in [5, 5.41) is 2.78. The Bertz CT molecular complexity index is 423. The van der Waals surface area contributed by atoms with Crippen LogP contribution in [0.25, 0.3) is 0 Å². The fourth-order valence-corrected chi connectivity index (χ4v) is 1.56. The molecule has 17 heavy (non-hydrogen) atoms. The maximum Gasteiger partial charge on any atom is 0.327 e. The Morgan fingerprint density at radius 3 is 3.00 bits per heavy atom. The van der Waals surface area contributed by atoms with E-state index < -0.39 is 17.8 Å². The average Bonchev–Trinajstić information content (AvgIpc) is 2.34. The van der Waals surface area contributed by atoms with Gasteiger partial charge in [-0.15, -0.1) is 6.58 Å². The number of nitrogens with one attached hydrogen (secondary N) is 1. The minimum absolute atomic E-state index is 0.0307. The Morgan fingerprint density at radius 2 is 2.41 bits per heavy atom. The van der Waals surface area contributed by atoms with Crippen LogP contribution in [-0.4, -0.2) is 19.6 Å². The molecule has 0 saturated heterocycles.